The molecule has 0 saturated carbocycles. The Labute approximate surface area is 178 Å². The third kappa shape index (κ3) is 6.76. The van der Waals surface area contributed by atoms with E-state index in [0.29, 0.717) is 17.1 Å². The van der Waals surface area contributed by atoms with E-state index in [0.717, 1.165) is 17.0 Å². The van der Waals surface area contributed by atoms with E-state index in [1.807, 2.05) is 17.5 Å². The van der Waals surface area contributed by atoms with Crippen LogP contribution < -0.4 is 20.8 Å². The second-order valence-corrected chi connectivity index (χ2v) is 6.84. The van der Waals surface area contributed by atoms with Crippen molar-refractivity contribution in [2.24, 2.45) is 5.10 Å². The molecule has 158 valence electrons. The summed E-state index contributed by atoms with van der Waals surface area (Å²) in [5, 5.41) is 20.3. The molecule has 31 heavy (non-hydrogen) atoms. The van der Waals surface area contributed by atoms with E-state index in [9.17, 15) is 18.0 Å². The van der Waals surface area contributed by atoms with Crippen molar-refractivity contribution in [2.45, 2.75) is 6.36 Å². The number of carbonyl (C=O) groups is 1. The molecule has 0 aliphatic rings. The molecule has 1 aromatic heterocycles. The quantitative estimate of drug-likeness (QED) is 0.289. The van der Waals surface area contributed by atoms with Crippen LogP contribution in [0.4, 0.5) is 29.3 Å². The summed E-state index contributed by atoms with van der Waals surface area (Å²) in [4.78, 5) is 12.9. The number of ether oxygens (including phenoxy) is 1. The lowest BCUT2D eigenvalue weighted by atomic mass is 10.2. The van der Waals surface area contributed by atoms with Crippen LogP contribution in [0.2, 0.25) is 0 Å². The maximum Gasteiger partial charge on any atom is 0.573 e. The first-order valence-electron chi connectivity index (χ1n) is 8.64. The summed E-state index contributed by atoms with van der Waals surface area (Å²) in [7, 11) is 0. The van der Waals surface area contributed by atoms with Crippen molar-refractivity contribution < 1.29 is 22.7 Å². The van der Waals surface area contributed by atoms with Gasteiger partial charge in [0, 0.05) is 11.4 Å². The number of carbonyl (C=O) groups excluding carboxylic acids is 1. The Morgan fingerprint density at radius 3 is 2.23 bits per heavy atom. The second-order valence-electron chi connectivity index (χ2n) is 5.89. The highest BCUT2D eigenvalue weighted by molar-refractivity contribution is 7.12. The highest BCUT2D eigenvalue weighted by Gasteiger charge is 2.30. The summed E-state index contributed by atoms with van der Waals surface area (Å²) in [6, 6.07) is 16.3. The molecule has 1 heterocycles. The molecular weight excluding hydrogens is 431 g/mol. The Bertz CT molecular complexity index is 1090. The van der Waals surface area contributed by atoms with Crippen molar-refractivity contribution in [1.82, 2.24) is 5.43 Å². The SMILES string of the molecule is N#Cc1ccc(NC(=NNC(=O)Nc2ccc(OC(F)(F)F)cc2)c2cccs2)cc1. The first kappa shape index (κ1) is 21.7. The molecule has 2 aromatic carbocycles. The number of nitrogens with one attached hydrogen (secondary N) is 3. The lowest BCUT2D eigenvalue weighted by Crippen LogP contribution is -2.27. The van der Waals surface area contributed by atoms with Crippen LogP contribution >= 0.6 is 11.3 Å². The average molecular weight is 445 g/mol. The topological polar surface area (TPSA) is 98.5 Å². The van der Waals surface area contributed by atoms with E-state index < -0.39 is 18.1 Å². The van der Waals surface area contributed by atoms with Crippen LogP contribution in [-0.4, -0.2) is 18.2 Å². The summed E-state index contributed by atoms with van der Waals surface area (Å²) in [5.41, 5.74) is 3.75. The standard InChI is InChI=1S/C20H14F3N5O2S/c21-20(22,23)30-16-9-7-15(8-10-16)26-19(29)28-27-18(17-2-1-11-31-17)25-14-5-3-13(12-24)4-6-14/h1-11H,(H,25,27)(H2,26,28,29). The number of urea groups is 1. The fraction of sp³-hybridized carbons (Fsp3) is 0.0500. The first-order chi connectivity index (χ1) is 14.8. The molecule has 0 aliphatic heterocycles. The van der Waals surface area contributed by atoms with E-state index >= 15 is 0 Å². The molecule has 2 amide bonds. The number of rotatable bonds is 5. The number of nitriles is 1. The minimum Gasteiger partial charge on any atom is -0.406 e. The fourth-order valence-electron chi connectivity index (χ4n) is 2.33. The molecule has 0 atom stereocenters. The maximum atomic E-state index is 12.2. The molecule has 7 nitrogen and oxygen atoms in total. The van der Waals surface area contributed by atoms with Crippen LogP contribution in [0, 0.1) is 11.3 Å². The maximum absolute atomic E-state index is 12.2. The summed E-state index contributed by atoms with van der Waals surface area (Å²) in [6.45, 7) is 0. The fourth-order valence-corrected chi connectivity index (χ4v) is 3.00. The van der Waals surface area contributed by atoms with Crippen molar-refractivity contribution in [3.63, 3.8) is 0 Å². The number of amidine groups is 1. The Morgan fingerprint density at radius 2 is 1.65 bits per heavy atom. The highest BCUT2D eigenvalue weighted by atomic mass is 32.1. The summed E-state index contributed by atoms with van der Waals surface area (Å²) >= 11 is 1.40. The predicted octanol–water partition coefficient (Wildman–Crippen LogP) is 5.11. The van der Waals surface area contributed by atoms with E-state index in [4.69, 9.17) is 5.26 Å². The zero-order chi connectivity index (χ0) is 22.3. The number of hydrogen-bond acceptors (Lipinski definition) is 5. The van der Waals surface area contributed by atoms with Gasteiger partial charge in [0.05, 0.1) is 16.5 Å². The highest BCUT2D eigenvalue weighted by Crippen LogP contribution is 2.24. The number of thiophene rings is 1. The van der Waals surface area contributed by atoms with Crippen molar-refractivity contribution in [1.29, 1.82) is 5.26 Å². The first-order valence-corrected chi connectivity index (χ1v) is 9.52. The predicted molar refractivity (Wildman–Crippen MR) is 111 cm³/mol. The third-order valence-corrected chi connectivity index (χ3v) is 4.52. The van der Waals surface area contributed by atoms with Crippen LogP contribution in [0.1, 0.15) is 10.4 Å². The molecule has 0 spiro atoms. The number of halogens is 3. The number of hydrogen-bond donors (Lipinski definition) is 3. The number of alkyl halides is 3. The van der Waals surface area contributed by atoms with Gasteiger partial charge in [-0.05, 0) is 60.0 Å². The Hall–Kier alpha value is -4.04. The van der Waals surface area contributed by atoms with Gasteiger partial charge in [0.2, 0.25) is 0 Å². The van der Waals surface area contributed by atoms with Crippen LogP contribution in [-0.2, 0) is 0 Å². The number of anilines is 2. The molecule has 0 bridgehead atoms. The van der Waals surface area contributed by atoms with Crippen molar-refractivity contribution >= 4 is 34.6 Å². The summed E-state index contributed by atoms with van der Waals surface area (Å²) in [6.07, 6.45) is -4.79. The smallest absolute Gasteiger partial charge is 0.406 e. The van der Waals surface area contributed by atoms with Gasteiger partial charge >= 0.3 is 12.4 Å². The molecule has 3 rings (SSSR count). The van der Waals surface area contributed by atoms with E-state index in [2.05, 4.69) is 25.9 Å². The van der Waals surface area contributed by atoms with Crippen LogP contribution in [0.3, 0.4) is 0 Å². The lowest BCUT2D eigenvalue weighted by molar-refractivity contribution is -0.274. The van der Waals surface area contributed by atoms with Crippen LogP contribution in [0.5, 0.6) is 5.75 Å². The number of hydrazone groups is 1. The normalized spacial score (nSPS) is 11.4. The van der Waals surface area contributed by atoms with E-state index in [-0.39, 0.29) is 5.69 Å². The van der Waals surface area contributed by atoms with Gasteiger partial charge in [-0.2, -0.15) is 10.4 Å². The lowest BCUT2D eigenvalue weighted by Gasteiger charge is -2.11. The monoisotopic (exact) mass is 445 g/mol. The zero-order valence-corrected chi connectivity index (χ0v) is 16.4. The molecule has 0 unspecified atom stereocenters. The molecule has 0 radical (unpaired) electrons. The molecule has 11 heteroatoms. The van der Waals surface area contributed by atoms with E-state index in [1.54, 1.807) is 30.3 Å². The minimum absolute atomic E-state index is 0.250. The van der Waals surface area contributed by atoms with Gasteiger partial charge in [0.1, 0.15) is 5.75 Å². The molecule has 3 N–H and O–H groups in total. The van der Waals surface area contributed by atoms with Crippen LogP contribution in [0.15, 0.2) is 71.1 Å². The summed E-state index contributed by atoms with van der Waals surface area (Å²) in [5.74, 6) is -0.0353. The Kier molecular flexibility index (Phi) is 6.74. The van der Waals surface area contributed by atoms with Gasteiger partial charge in [0.25, 0.3) is 0 Å². The Balaban J connectivity index is 1.65. The molecule has 0 fully saturated rings. The van der Waals surface area contributed by atoms with Gasteiger partial charge in [-0.25, -0.2) is 10.2 Å². The summed E-state index contributed by atoms with van der Waals surface area (Å²) < 4.78 is 40.4. The molecule has 0 saturated heterocycles. The largest absolute Gasteiger partial charge is 0.573 e. The molecule has 0 aliphatic carbocycles. The van der Waals surface area contributed by atoms with Crippen molar-refractivity contribution in [2.75, 3.05) is 10.6 Å². The minimum atomic E-state index is -4.79. The molecule has 3 aromatic rings. The second kappa shape index (κ2) is 9.64. The molecular formula is C20H14F3N5O2S. The van der Waals surface area contributed by atoms with Gasteiger partial charge in [-0.3, -0.25) is 0 Å². The number of nitrogens with zero attached hydrogens (tertiary/aromatic N) is 2. The third-order valence-electron chi connectivity index (χ3n) is 3.65. The van der Waals surface area contributed by atoms with Crippen molar-refractivity contribution in [3.05, 3.63) is 76.5 Å². The van der Waals surface area contributed by atoms with Crippen LogP contribution in [0.25, 0.3) is 0 Å². The van der Waals surface area contributed by atoms with E-state index in [1.165, 1.54) is 23.5 Å². The zero-order valence-electron chi connectivity index (χ0n) is 15.6. The average Bonchev–Trinajstić information content (AvgIpc) is 3.27. The number of amides is 2. The van der Waals surface area contributed by atoms with Gasteiger partial charge < -0.3 is 15.4 Å². The van der Waals surface area contributed by atoms with Crippen molar-refractivity contribution in [3.8, 4) is 11.8 Å². The Morgan fingerprint density at radius 1 is 1.00 bits per heavy atom. The number of benzene rings is 2. The van der Waals surface area contributed by atoms with Gasteiger partial charge in [-0.1, -0.05) is 6.07 Å². The van der Waals surface area contributed by atoms with Gasteiger partial charge in [0.15, 0.2) is 5.84 Å². The van der Waals surface area contributed by atoms with Gasteiger partial charge in [-0.15, -0.1) is 24.5 Å².